The van der Waals surface area contributed by atoms with E-state index in [9.17, 15) is 14.9 Å². The van der Waals surface area contributed by atoms with Gasteiger partial charge in [0.1, 0.15) is 0 Å². The zero-order valence-corrected chi connectivity index (χ0v) is 14.8. The molecule has 1 saturated heterocycles. The average molecular weight is 355 g/mol. The number of pyridine rings is 1. The predicted octanol–water partition coefficient (Wildman–Crippen LogP) is 3.33. The second-order valence-corrected chi connectivity index (χ2v) is 6.77. The van der Waals surface area contributed by atoms with Crippen LogP contribution in [0.4, 0.5) is 11.5 Å². The third-order valence-electron chi connectivity index (χ3n) is 4.93. The van der Waals surface area contributed by atoms with Gasteiger partial charge in [-0.25, -0.2) is 9.78 Å². The van der Waals surface area contributed by atoms with Gasteiger partial charge in [0.25, 0.3) is 0 Å². The van der Waals surface area contributed by atoms with Gasteiger partial charge in [-0.05, 0) is 18.4 Å². The molecule has 0 bridgehead atoms. The van der Waals surface area contributed by atoms with E-state index >= 15 is 0 Å². The minimum atomic E-state index is -0.639. The third-order valence-corrected chi connectivity index (χ3v) is 4.93. The Bertz CT molecular complexity index is 825. The summed E-state index contributed by atoms with van der Waals surface area (Å²) in [6, 6.07) is 11.4. The van der Waals surface area contributed by atoms with Crippen LogP contribution < -0.4 is 4.90 Å². The van der Waals surface area contributed by atoms with Gasteiger partial charge in [-0.1, -0.05) is 37.3 Å². The number of methoxy groups -OCH3 is 1. The van der Waals surface area contributed by atoms with Crippen LogP contribution in [0.25, 0.3) is 0 Å². The smallest absolute Gasteiger partial charge is 0.339 e. The fourth-order valence-corrected chi connectivity index (χ4v) is 3.55. The van der Waals surface area contributed by atoms with Crippen LogP contribution in [0.2, 0.25) is 0 Å². The van der Waals surface area contributed by atoms with Crippen LogP contribution in [0.15, 0.2) is 42.6 Å². The standard InChI is InChI=1S/C19H21N3O4/c1-19(15-7-4-3-5-8-15)9-6-10-21(13-19)17-16(22(24)25)11-14(12-20-17)18(23)26-2/h3-5,7-8,11-12H,6,9-10,13H2,1-2H3. The first kappa shape index (κ1) is 17.8. The second-order valence-electron chi connectivity index (χ2n) is 6.77. The van der Waals surface area contributed by atoms with Crippen LogP contribution in [-0.4, -0.2) is 36.1 Å². The molecule has 2 heterocycles. The Labute approximate surface area is 151 Å². The minimum absolute atomic E-state index is 0.0748. The number of nitro groups is 1. The molecule has 0 spiro atoms. The molecule has 3 rings (SSSR count). The Kier molecular flexibility index (Phi) is 4.88. The van der Waals surface area contributed by atoms with Crippen molar-refractivity contribution in [2.75, 3.05) is 25.1 Å². The number of piperidine rings is 1. The predicted molar refractivity (Wildman–Crippen MR) is 97.5 cm³/mol. The van der Waals surface area contributed by atoms with Crippen LogP contribution in [0, 0.1) is 10.1 Å². The first-order valence-corrected chi connectivity index (χ1v) is 8.48. The highest BCUT2D eigenvalue weighted by Crippen LogP contribution is 2.37. The van der Waals surface area contributed by atoms with Gasteiger partial charge in [-0.15, -0.1) is 0 Å². The molecule has 0 radical (unpaired) electrons. The molecule has 1 aliphatic rings. The molecular weight excluding hydrogens is 334 g/mol. The lowest BCUT2D eigenvalue weighted by Crippen LogP contribution is -2.45. The number of carbonyl (C=O) groups excluding carboxylic acids is 1. The van der Waals surface area contributed by atoms with E-state index < -0.39 is 10.9 Å². The van der Waals surface area contributed by atoms with Crippen molar-refractivity contribution in [2.24, 2.45) is 0 Å². The van der Waals surface area contributed by atoms with E-state index in [1.165, 1.54) is 24.9 Å². The molecule has 7 nitrogen and oxygen atoms in total. The number of hydrogen-bond acceptors (Lipinski definition) is 6. The Hall–Kier alpha value is -2.96. The van der Waals surface area contributed by atoms with E-state index in [4.69, 9.17) is 0 Å². The second kappa shape index (κ2) is 7.11. The number of esters is 1. The van der Waals surface area contributed by atoms with Gasteiger partial charge < -0.3 is 9.64 Å². The highest BCUT2D eigenvalue weighted by molar-refractivity contribution is 5.90. The van der Waals surface area contributed by atoms with Crippen LogP contribution in [0.1, 0.15) is 35.7 Å². The number of nitrogens with zero attached hydrogens (tertiary/aromatic N) is 3. The minimum Gasteiger partial charge on any atom is -0.465 e. The van der Waals surface area contributed by atoms with Crippen molar-refractivity contribution in [3.8, 4) is 0 Å². The lowest BCUT2D eigenvalue weighted by Gasteiger charge is -2.41. The van der Waals surface area contributed by atoms with Crippen LogP contribution in [-0.2, 0) is 10.2 Å². The molecule has 1 fully saturated rings. The largest absolute Gasteiger partial charge is 0.465 e. The topological polar surface area (TPSA) is 85.6 Å². The zero-order valence-electron chi connectivity index (χ0n) is 14.8. The van der Waals surface area contributed by atoms with Gasteiger partial charge in [0.15, 0.2) is 0 Å². The fraction of sp³-hybridized carbons (Fsp3) is 0.368. The first-order valence-electron chi connectivity index (χ1n) is 8.48. The Morgan fingerprint density at radius 1 is 1.35 bits per heavy atom. The molecule has 1 aliphatic heterocycles. The quantitative estimate of drug-likeness (QED) is 0.475. The molecule has 2 aromatic rings. The van der Waals surface area contributed by atoms with Crippen molar-refractivity contribution in [1.29, 1.82) is 0 Å². The fourth-order valence-electron chi connectivity index (χ4n) is 3.55. The lowest BCUT2D eigenvalue weighted by atomic mass is 9.76. The Morgan fingerprint density at radius 3 is 2.73 bits per heavy atom. The summed E-state index contributed by atoms with van der Waals surface area (Å²) in [6.07, 6.45) is 3.24. The summed E-state index contributed by atoms with van der Waals surface area (Å²) in [6.45, 7) is 3.49. The highest BCUT2D eigenvalue weighted by Gasteiger charge is 2.35. The molecule has 0 saturated carbocycles. The van der Waals surface area contributed by atoms with E-state index in [0.717, 1.165) is 12.8 Å². The van der Waals surface area contributed by atoms with E-state index in [-0.39, 0.29) is 16.7 Å². The summed E-state index contributed by atoms with van der Waals surface area (Å²) in [5.41, 5.74) is 0.991. The van der Waals surface area contributed by atoms with Gasteiger partial charge in [0.05, 0.1) is 17.6 Å². The SMILES string of the molecule is COC(=O)c1cnc(N2CCCC(C)(c3ccccc3)C2)c([N+](=O)[O-])c1. The van der Waals surface area contributed by atoms with Crippen molar-refractivity contribution < 1.29 is 14.5 Å². The number of benzene rings is 1. The van der Waals surface area contributed by atoms with Crippen molar-refractivity contribution in [2.45, 2.75) is 25.2 Å². The van der Waals surface area contributed by atoms with E-state index in [1.807, 2.05) is 23.1 Å². The maximum Gasteiger partial charge on any atom is 0.339 e. The summed E-state index contributed by atoms with van der Waals surface area (Å²) in [5.74, 6) is -0.343. The summed E-state index contributed by atoms with van der Waals surface area (Å²) < 4.78 is 4.63. The number of rotatable bonds is 4. The summed E-state index contributed by atoms with van der Waals surface area (Å²) in [4.78, 5) is 28.9. The monoisotopic (exact) mass is 355 g/mol. The van der Waals surface area contributed by atoms with Crippen molar-refractivity contribution in [3.63, 3.8) is 0 Å². The van der Waals surface area contributed by atoms with Crippen molar-refractivity contribution in [1.82, 2.24) is 4.98 Å². The molecule has 0 aliphatic carbocycles. The molecule has 136 valence electrons. The van der Waals surface area contributed by atoms with Crippen LogP contribution in [0.5, 0.6) is 0 Å². The van der Waals surface area contributed by atoms with Gasteiger partial charge in [-0.2, -0.15) is 0 Å². The molecule has 1 aromatic carbocycles. The van der Waals surface area contributed by atoms with Gasteiger partial charge in [0, 0.05) is 30.8 Å². The van der Waals surface area contributed by atoms with E-state index in [1.54, 1.807) is 0 Å². The first-order chi connectivity index (χ1) is 12.4. The van der Waals surface area contributed by atoms with E-state index in [2.05, 4.69) is 28.8 Å². The molecule has 7 heteroatoms. The van der Waals surface area contributed by atoms with Crippen molar-refractivity contribution >= 4 is 17.5 Å². The molecule has 0 N–H and O–H groups in total. The number of ether oxygens (including phenoxy) is 1. The van der Waals surface area contributed by atoms with Crippen LogP contribution >= 0.6 is 0 Å². The summed E-state index contributed by atoms with van der Waals surface area (Å²) in [5, 5.41) is 11.5. The molecule has 1 aromatic heterocycles. The summed E-state index contributed by atoms with van der Waals surface area (Å²) >= 11 is 0. The number of aromatic nitrogens is 1. The third kappa shape index (κ3) is 3.37. The summed E-state index contributed by atoms with van der Waals surface area (Å²) in [7, 11) is 1.23. The number of hydrogen-bond donors (Lipinski definition) is 0. The normalized spacial score (nSPS) is 19.8. The van der Waals surface area contributed by atoms with Crippen LogP contribution in [0.3, 0.4) is 0 Å². The lowest BCUT2D eigenvalue weighted by molar-refractivity contribution is -0.384. The molecular formula is C19H21N3O4. The molecule has 0 amide bonds. The maximum atomic E-state index is 11.7. The van der Waals surface area contributed by atoms with Gasteiger partial charge in [0.2, 0.25) is 5.82 Å². The molecule has 26 heavy (non-hydrogen) atoms. The maximum absolute atomic E-state index is 11.7. The highest BCUT2D eigenvalue weighted by atomic mass is 16.6. The number of carbonyl (C=O) groups is 1. The average Bonchev–Trinajstić information content (AvgIpc) is 2.67. The molecule has 1 atom stereocenters. The Morgan fingerprint density at radius 2 is 2.08 bits per heavy atom. The van der Waals surface area contributed by atoms with Gasteiger partial charge >= 0.3 is 11.7 Å². The van der Waals surface area contributed by atoms with Crippen molar-refractivity contribution in [3.05, 3.63) is 63.8 Å². The number of anilines is 1. The Balaban J connectivity index is 1.95. The zero-order chi connectivity index (χ0) is 18.7. The van der Waals surface area contributed by atoms with E-state index in [0.29, 0.717) is 18.9 Å². The van der Waals surface area contributed by atoms with Gasteiger partial charge in [-0.3, -0.25) is 10.1 Å². The molecule has 1 unspecified atom stereocenters.